The van der Waals surface area contributed by atoms with Crippen molar-refractivity contribution in [2.45, 2.75) is 6.42 Å². The van der Waals surface area contributed by atoms with Crippen molar-refractivity contribution in [3.63, 3.8) is 0 Å². The molecule has 0 unspecified atom stereocenters. The minimum absolute atomic E-state index is 0.365. The Hall–Kier alpha value is -1.02. The number of allylic oxidation sites excluding steroid dienone is 1. The smallest absolute Gasteiger partial charge is 0.152 e. The molecule has 0 saturated heterocycles. The maximum atomic E-state index is 5.68. The third-order valence-electron chi connectivity index (χ3n) is 1.40. The molecule has 2 N–H and O–H groups in total. The lowest BCUT2D eigenvalue weighted by molar-refractivity contribution is 1.22. The highest BCUT2D eigenvalue weighted by Gasteiger charge is 2.00. The fourth-order valence-electron chi connectivity index (χ4n) is 0.818. The summed E-state index contributed by atoms with van der Waals surface area (Å²) in [5.74, 6) is 0. The molecule has 1 aromatic heterocycles. The fraction of sp³-hybridized carbons (Fsp3) is 0.125. The van der Waals surface area contributed by atoms with E-state index in [-0.39, 0.29) is 0 Å². The molecule has 0 aromatic carbocycles. The first-order valence-electron chi connectivity index (χ1n) is 3.25. The summed E-state index contributed by atoms with van der Waals surface area (Å²) in [6, 6.07) is 1.84. The van der Waals surface area contributed by atoms with E-state index >= 15 is 0 Å². The largest absolute Gasteiger partial charge is 0.396 e. The second-order valence-corrected chi connectivity index (χ2v) is 2.53. The molecule has 0 amide bonds. The van der Waals surface area contributed by atoms with E-state index in [1.165, 1.54) is 0 Å². The normalized spacial score (nSPS) is 9.55. The van der Waals surface area contributed by atoms with Crippen LogP contribution in [0.4, 0.5) is 5.69 Å². The average molecular weight is 169 g/mol. The van der Waals surface area contributed by atoms with Gasteiger partial charge in [-0.1, -0.05) is 17.7 Å². The summed E-state index contributed by atoms with van der Waals surface area (Å²) < 4.78 is 0. The van der Waals surface area contributed by atoms with Crippen molar-refractivity contribution in [1.82, 2.24) is 4.98 Å². The van der Waals surface area contributed by atoms with E-state index in [0.717, 1.165) is 12.0 Å². The third-order valence-corrected chi connectivity index (χ3v) is 1.70. The summed E-state index contributed by atoms with van der Waals surface area (Å²) in [7, 11) is 0. The first kappa shape index (κ1) is 8.08. The molecule has 0 aliphatic rings. The average Bonchev–Trinajstić information content (AvgIpc) is 1.99. The monoisotopic (exact) mass is 168 g/mol. The number of pyridine rings is 1. The van der Waals surface area contributed by atoms with Gasteiger partial charge in [-0.05, 0) is 18.1 Å². The van der Waals surface area contributed by atoms with Crippen molar-refractivity contribution in [3.05, 3.63) is 35.6 Å². The number of nitrogen functional groups attached to an aromatic ring is 1. The summed E-state index contributed by atoms with van der Waals surface area (Å²) in [4.78, 5) is 3.83. The van der Waals surface area contributed by atoms with Crippen molar-refractivity contribution in [2.24, 2.45) is 0 Å². The van der Waals surface area contributed by atoms with Crippen LogP contribution in [0, 0.1) is 0 Å². The first-order chi connectivity index (χ1) is 5.25. The lowest BCUT2D eigenvalue weighted by Crippen LogP contribution is -1.95. The highest BCUT2D eigenvalue weighted by atomic mass is 35.5. The molecule has 0 aliphatic carbocycles. The van der Waals surface area contributed by atoms with E-state index < -0.39 is 0 Å². The molecule has 0 spiro atoms. The van der Waals surface area contributed by atoms with Crippen LogP contribution in [0.5, 0.6) is 0 Å². The number of anilines is 1. The molecule has 0 atom stereocenters. The molecule has 58 valence electrons. The molecular weight excluding hydrogens is 160 g/mol. The van der Waals surface area contributed by atoms with Gasteiger partial charge in [0.1, 0.15) is 0 Å². The van der Waals surface area contributed by atoms with Gasteiger partial charge in [-0.15, -0.1) is 6.58 Å². The van der Waals surface area contributed by atoms with Crippen LogP contribution in [0.2, 0.25) is 5.15 Å². The van der Waals surface area contributed by atoms with E-state index in [9.17, 15) is 0 Å². The highest BCUT2D eigenvalue weighted by Crippen LogP contribution is 2.19. The zero-order chi connectivity index (χ0) is 8.27. The summed E-state index contributed by atoms with van der Waals surface area (Å²) >= 11 is 5.68. The Bertz CT molecular complexity index is 271. The van der Waals surface area contributed by atoms with Gasteiger partial charge in [0.2, 0.25) is 0 Å². The molecule has 2 nitrogen and oxygen atoms in total. The van der Waals surface area contributed by atoms with Crippen LogP contribution in [0.1, 0.15) is 5.56 Å². The van der Waals surface area contributed by atoms with Crippen LogP contribution in [-0.2, 0) is 6.42 Å². The minimum Gasteiger partial charge on any atom is -0.396 e. The Morgan fingerprint density at radius 3 is 3.09 bits per heavy atom. The van der Waals surface area contributed by atoms with Crippen molar-refractivity contribution < 1.29 is 0 Å². The van der Waals surface area contributed by atoms with Gasteiger partial charge in [-0.3, -0.25) is 0 Å². The number of nitrogens with two attached hydrogens (primary N) is 1. The van der Waals surface area contributed by atoms with Crippen molar-refractivity contribution in [2.75, 3.05) is 5.73 Å². The van der Waals surface area contributed by atoms with Crippen LogP contribution in [0.25, 0.3) is 0 Å². The Labute approximate surface area is 70.7 Å². The molecule has 0 saturated carbocycles. The van der Waals surface area contributed by atoms with E-state index in [0.29, 0.717) is 10.8 Å². The third kappa shape index (κ3) is 1.71. The van der Waals surface area contributed by atoms with Gasteiger partial charge in [0, 0.05) is 6.20 Å². The maximum absolute atomic E-state index is 5.68. The standard InChI is InChI=1S/C8H9ClN2/c1-2-3-6-4-5-11-8(9)7(6)10/h2,4-5H,1,3,10H2. The summed E-state index contributed by atoms with van der Waals surface area (Å²) in [5, 5.41) is 0.365. The van der Waals surface area contributed by atoms with Crippen LogP contribution in [0.15, 0.2) is 24.9 Å². The molecule has 1 heterocycles. The zero-order valence-corrected chi connectivity index (χ0v) is 6.80. The molecule has 0 radical (unpaired) electrons. The van der Waals surface area contributed by atoms with Gasteiger partial charge in [0.25, 0.3) is 0 Å². The number of rotatable bonds is 2. The van der Waals surface area contributed by atoms with Crippen LogP contribution in [-0.4, -0.2) is 4.98 Å². The van der Waals surface area contributed by atoms with Crippen molar-refractivity contribution in [3.8, 4) is 0 Å². The van der Waals surface area contributed by atoms with E-state index in [1.54, 1.807) is 12.3 Å². The van der Waals surface area contributed by atoms with Gasteiger partial charge in [0.15, 0.2) is 5.15 Å². The first-order valence-corrected chi connectivity index (χ1v) is 3.63. The van der Waals surface area contributed by atoms with Gasteiger partial charge >= 0.3 is 0 Å². The van der Waals surface area contributed by atoms with Gasteiger partial charge in [-0.2, -0.15) is 0 Å². The van der Waals surface area contributed by atoms with E-state index in [2.05, 4.69) is 11.6 Å². The van der Waals surface area contributed by atoms with Crippen LogP contribution < -0.4 is 5.73 Å². The van der Waals surface area contributed by atoms with Gasteiger partial charge < -0.3 is 5.73 Å². The Morgan fingerprint density at radius 1 is 1.73 bits per heavy atom. The quantitative estimate of drug-likeness (QED) is 0.542. The maximum Gasteiger partial charge on any atom is 0.152 e. The molecular formula is C8H9ClN2. The van der Waals surface area contributed by atoms with Gasteiger partial charge in [-0.25, -0.2) is 4.98 Å². The second-order valence-electron chi connectivity index (χ2n) is 2.17. The molecule has 11 heavy (non-hydrogen) atoms. The molecule has 0 fully saturated rings. The fourth-order valence-corrected chi connectivity index (χ4v) is 0.996. The number of hydrogen-bond donors (Lipinski definition) is 1. The Kier molecular flexibility index (Phi) is 2.49. The minimum atomic E-state index is 0.365. The van der Waals surface area contributed by atoms with Crippen molar-refractivity contribution in [1.29, 1.82) is 0 Å². The van der Waals surface area contributed by atoms with E-state index in [4.69, 9.17) is 17.3 Å². The van der Waals surface area contributed by atoms with Crippen LogP contribution >= 0.6 is 11.6 Å². The lowest BCUT2D eigenvalue weighted by Gasteiger charge is -2.02. The lowest BCUT2D eigenvalue weighted by atomic mass is 10.2. The number of hydrogen-bond acceptors (Lipinski definition) is 2. The molecule has 1 rings (SSSR count). The van der Waals surface area contributed by atoms with E-state index in [1.807, 2.05) is 6.07 Å². The molecule has 0 aliphatic heterocycles. The Balaban J connectivity index is 3.05. The number of aromatic nitrogens is 1. The predicted octanol–water partition coefficient (Wildman–Crippen LogP) is 2.05. The summed E-state index contributed by atoms with van der Waals surface area (Å²) in [5.41, 5.74) is 7.15. The number of halogens is 1. The predicted molar refractivity (Wildman–Crippen MR) is 47.6 cm³/mol. The zero-order valence-electron chi connectivity index (χ0n) is 6.05. The number of nitrogens with zero attached hydrogens (tertiary/aromatic N) is 1. The molecule has 0 bridgehead atoms. The molecule has 1 aromatic rings. The van der Waals surface area contributed by atoms with Crippen molar-refractivity contribution >= 4 is 17.3 Å². The summed E-state index contributed by atoms with van der Waals surface area (Å²) in [6.45, 7) is 3.61. The highest BCUT2D eigenvalue weighted by molar-refractivity contribution is 6.31. The topological polar surface area (TPSA) is 38.9 Å². The Morgan fingerprint density at radius 2 is 2.45 bits per heavy atom. The van der Waals surface area contributed by atoms with Gasteiger partial charge in [0.05, 0.1) is 5.69 Å². The molecule has 3 heteroatoms. The van der Waals surface area contributed by atoms with Crippen LogP contribution in [0.3, 0.4) is 0 Å². The second kappa shape index (κ2) is 3.39. The SMILES string of the molecule is C=CCc1ccnc(Cl)c1N. The summed E-state index contributed by atoms with van der Waals surface area (Å²) in [6.07, 6.45) is 4.15.